The Kier molecular flexibility index (Phi) is 6.35. The molecule has 0 unspecified atom stereocenters. The van der Waals surface area contributed by atoms with Gasteiger partial charge in [-0.25, -0.2) is 0 Å². The lowest BCUT2D eigenvalue weighted by atomic mass is 10.1. The van der Waals surface area contributed by atoms with Crippen LogP contribution in [0.4, 0.5) is 13.2 Å². The molecule has 0 spiro atoms. The highest BCUT2D eigenvalue weighted by Gasteiger charge is 2.41. The number of fused-ring (bicyclic) bond motifs is 1. The molecular formula is C23H22ClF3NO4+. The number of phenols is 1. The first-order valence-corrected chi connectivity index (χ1v) is 10.8. The van der Waals surface area contributed by atoms with Gasteiger partial charge in [0.2, 0.25) is 11.2 Å². The molecule has 0 aliphatic carbocycles. The topological polar surface area (TPSA) is 64.1 Å². The minimum atomic E-state index is -5.00. The van der Waals surface area contributed by atoms with Crippen LogP contribution in [-0.4, -0.2) is 18.2 Å². The van der Waals surface area contributed by atoms with Crippen LogP contribution in [0, 0.1) is 0 Å². The quantitative estimate of drug-likeness (QED) is 0.570. The number of nitrogens with one attached hydrogen (secondary N) is 1. The first-order chi connectivity index (χ1) is 15.3. The maximum Gasteiger partial charge on any atom is 0.453 e. The van der Waals surface area contributed by atoms with Crippen molar-refractivity contribution in [3.05, 3.63) is 63.0 Å². The van der Waals surface area contributed by atoms with Crippen LogP contribution >= 0.6 is 11.6 Å². The van der Waals surface area contributed by atoms with Crippen molar-refractivity contribution in [2.75, 3.05) is 13.1 Å². The van der Waals surface area contributed by atoms with E-state index in [-0.39, 0.29) is 39.6 Å². The molecule has 9 heteroatoms. The summed E-state index contributed by atoms with van der Waals surface area (Å²) in [5.41, 5.74) is -1.07. The summed E-state index contributed by atoms with van der Waals surface area (Å²) in [5, 5.41) is 10.4. The van der Waals surface area contributed by atoms with Crippen LogP contribution in [0.3, 0.4) is 0 Å². The van der Waals surface area contributed by atoms with Gasteiger partial charge in [0.1, 0.15) is 18.0 Å². The third-order valence-corrected chi connectivity index (χ3v) is 5.95. The normalized spacial score (nSPS) is 15.6. The second kappa shape index (κ2) is 9.03. The molecule has 1 aromatic heterocycles. The zero-order valence-electron chi connectivity index (χ0n) is 17.1. The van der Waals surface area contributed by atoms with Gasteiger partial charge in [-0.05, 0) is 49.9 Å². The number of alkyl halides is 3. The number of para-hydroxylation sites is 1. The zero-order valence-corrected chi connectivity index (χ0v) is 17.9. The second-order valence-electron chi connectivity index (χ2n) is 7.90. The molecule has 0 atom stereocenters. The number of benzene rings is 2. The van der Waals surface area contributed by atoms with E-state index in [9.17, 15) is 23.1 Å². The monoisotopic (exact) mass is 468 g/mol. The van der Waals surface area contributed by atoms with Crippen molar-refractivity contribution in [3.63, 3.8) is 0 Å². The molecule has 4 rings (SSSR count). The average Bonchev–Trinajstić information content (AvgIpc) is 3.01. The third-order valence-electron chi connectivity index (χ3n) is 5.64. The first-order valence-electron chi connectivity index (χ1n) is 10.4. The van der Waals surface area contributed by atoms with Crippen LogP contribution in [0.1, 0.15) is 37.0 Å². The van der Waals surface area contributed by atoms with Gasteiger partial charge in [-0.1, -0.05) is 23.7 Å². The molecule has 3 aromatic rings. The standard InChI is InChI=1S/C23H21ClF3NO4/c24-16-7-3-4-8-18(16)31-21-19(30)14-9-10-17(29)15(13-28-11-5-1-2-6-12-28)20(14)32-22(21)23(25,26)27/h3-4,7-10,29H,1-2,5-6,11-13H2/p+1. The average molecular weight is 469 g/mol. The minimum absolute atomic E-state index is 0.0521. The highest BCUT2D eigenvalue weighted by Crippen LogP contribution is 2.40. The van der Waals surface area contributed by atoms with Crippen molar-refractivity contribution >= 4 is 22.6 Å². The smallest absolute Gasteiger partial charge is 0.453 e. The van der Waals surface area contributed by atoms with Gasteiger partial charge in [0.15, 0.2) is 5.58 Å². The van der Waals surface area contributed by atoms with Gasteiger partial charge >= 0.3 is 6.18 Å². The zero-order chi connectivity index (χ0) is 22.9. The molecule has 32 heavy (non-hydrogen) atoms. The van der Waals surface area contributed by atoms with Crippen molar-refractivity contribution in [3.8, 4) is 17.2 Å². The van der Waals surface area contributed by atoms with Crippen molar-refractivity contribution in [2.24, 2.45) is 0 Å². The molecule has 1 aliphatic rings. The number of hydrogen-bond acceptors (Lipinski definition) is 4. The van der Waals surface area contributed by atoms with Gasteiger partial charge in [0, 0.05) is 0 Å². The van der Waals surface area contributed by atoms with Gasteiger partial charge in [-0.2, -0.15) is 13.2 Å². The fourth-order valence-electron chi connectivity index (χ4n) is 4.03. The molecule has 0 bridgehead atoms. The van der Waals surface area contributed by atoms with Crippen LogP contribution in [0.5, 0.6) is 17.2 Å². The summed E-state index contributed by atoms with van der Waals surface area (Å²) in [5.74, 6) is -2.85. The van der Waals surface area contributed by atoms with E-state index in [4.69, 9.17) is 20.8 Å². The third kappa shape index (κ3) is 4.56. The van der Waals surface area contributed by atoms with Crippen molar-refractivity contribution < 1.29 is 32.3 Å². The molecule has 0 amide bonds. The van der Waals surface area contributed by atoms with Crippen LogP contribution in [0.15, 0.2) is 45.6 Å². The summed E-state index contributed by atoms with van der Waals surface area (Å²) in [6.07, 6.45) is -0.812. The number of phenolic OH excluding ortho intramolecular Hbond substituents is 1. The van der Waals surface area contributed by atoms with Crippen LogP contribution in [-0.2, 0) is 12.7 Å². The van der Waals surface area contributed by atoms with E-state index in [1.807, 2.05) is 0 Å². The fraction of sp³-hybridized carbons (Fsp3) is 0.348. The van der Waals surface area contributed by atoms with Crippen LogP contribution in [0.25, 0.3) is 11.0 Å². The van der Waals surface area contributed by atoms with Crippen molar-refractivity contribution in [1.29, 1.82) is 0 Å². The summed E-state index contributed by atoms with van der Waals surface area (Å²) < 4.78 is 52.3. The largest absolute Gasteiger partial charge is 0.507 e. The molecule has 0 radical (unpaired) electrons. The highest BCUT2D eigenvalue weighted by atomic mass is 35.5. The van der Waals surface area contributed by atoms with E-state index in [1.54, 1.807) is 6.07 Å². The molecule has 170 valence electrons. The van der Waals surface area contributed by atoms with E-state index < -0.39 is 23.1 Å². The Bertz CT molecular complexity index is 1180. The predicted octanol–water partition coefficient (Wildman–Crippen LogP) is 4.92. The molecule has 2 N–H and O–H groups in total. The SMILES string of the molecule is O=c1c(Oc2ccccc2Cl)c(C(F)(F)F)oc2c(C[NH+]3CCCCCC3)c(O)ccc12. The van der Waals surface area contributed by atoms with Crippen molar-refractivity contribution in [2.45, 2.75) is 38.4 Å². The molecule has 1 aliphatic heterocycles. The number of hydrogen-bond donors (Lipinski definition) is 2. The van der Waals surface area contributed by atoms with Gasteiger partial charge in [0.05, 0.1) is 29.1 Å². The molecule has 0 saturated carbocycles. The van der Waals surface area contributed by atoms with Crippen LogP contribution < -0.4 is 15.1 Å². The number of quaternary nitrogens is 1. The van der Waals surface area contributed by atoms with E-state index in [0.717, 1.165) is 43.7 Å². The summed E-state index contributed by atoms with van der Waals surface area (Å²) in [7, 11) is 0. The van der Waals surface area contributed by atoms with Gasteiger partial charge in [-0.3, -0.25) is 4.79 Å². The summed E-state index contributed by atoms with van der Waals surface area (Å²) in [6, 6.07) is 8.46. The second-order valence-corrected chi connectivity index (χ2v) is 8.31. The highest BCUT2D eigenvalue weighted by molar-refractivity contribution is 6.32. The number of aromatic hydroxyl groups is 1. The lowest BCUT2D eigenvalue weighted by Gasteiger charge is -2.19. The summed E-state index contributed by atoms with van der Waals surface area (Å²) in [4.78, 5) is 14.2. The van der Waals surface area contributed by atoms with E-state index in [2.05, 4.69) is 0 Å². The van der Waals surface area contributed by atoms with Gasteiger partial charge in [-0.15, -0.1) is 0 Å². The maximum atomic E-state index is 13.9. The maximum absolute atomic E-state index is 13.9. The van der Waals surface area contributed by atoms with Crippen LogP contribution in [0.2, 0.25) is 5.02 Å². The molecule has 1 fully saturated rings. The number of likely N-dealkylation sites (tertiary alicyclic amines) is 1. The summed E-state index contributed by atoms with van der Waals surface area (Å²) in [6.45, 7) is 1.92. The first kappa shape index (κ1) is 22.5. The minimum Gasteiger partial charge on any atom is -0.507 e. The van der Waals surface area contributed by atoms with E-state index in [1.165, 1.54) is 30.3 Å². The molecule has 1 saturated heterocycles. The Hall–Kier alpha value is -2.71. The van der Waals surface area contributed by atoms with E-state index in [0.29, 0.717) is 0 Å². The Morgan fingerprint density at radius 2 is 1.75 bits per heavy atom. The fourth-order valence-corrected chi connectivity index (χ4v) is 4.20. The number of ether oxygens (including phenoxy) is 1. The Morgan fingerprint density at radius 1 is 1.06 bits per heavy atom. The number of rotatable bonds is 4. The molecule has 2 heterocycles. The lowest BCUT2D eigenvalue weighted by molar-refractivity contribution is -0.913. The molecule has 5 nitrogen and oxygen atoms in total. The lowest BCUT2D eigenvalue weighted by Crippen LogP contribution is -3.10. The predicted molar refractivity (Wildman–Crippen MR) is 114 cm³/mol. The molecular weight excluding hydrogens is 447 g/mol. The molecule has 2 aromatic carbocycles. The Morgan fingerprint density at radius 3 is 2.41 bits per heavy atom. The Balaban J connectivity index is 1.87. The van der Waals surface area contributed by atoms with Crippen molar-refractivity contribution in [1.82, 2.24) is 0 Å². The number of halogens is 4. The van der Waals surface area contributed by atoms with E-state index >= 15 is 0 Å². The Labute approximate surface area is 187 Å². The van der Waals surface area contributed by atoms with Gasteiger partial charge in [0.25, 0.3) is 5.76 Å². The van der Waals surface area contributed by atoms with Gasteiger partial charge < -0.3 is 19.2 Å². The summed E-state index contributed by atoms with van der Waals surface area (Å²) >= 11 is 6.00.